The van der Waals surface area contributed by atoms with E-state index in [9.17, 15) is 18.7 Å². The molecule has 0 bridgehead atoms. The fourth-order valence-electron chi connectivity index (χ4n) is 4.29. The predicted molar refractivity (Wildman–Crippen MR) is 93.5 cm³/mol. The van der Waals surface area contributed by atoms with Crippen LogP contribution in [0.25, 0.3) is 21.8 Å². The summed E-state index contributed by atoms with van der Waals surface area (Å²) in [6.07, 6.45) is 0.237. The van der Waals surface area contributed by atoms with E-state index in [1.165, 1.54) is 24.3 Å². The van der Waals surface area contributed by atoms with E-state index < -0.39 is 6.10 Å². The highest BCUT2D eigenvalue weighted by molar-refractivity contribution is 6.08. The van der Waals surface area contributed by atoms with E-state index in [1.807, 2.05) is 4.57 Å². The van der Waals surface area contributed by atoms with E-state index in [-0.39, 0.29) is 36.5 Å². The first-order chi connectivity index (χ1) is 12.5. The van der Waals surface area contributed by atoms with Gasteiger partial charge in [0.25, 0.3) is 0 Å². The number of fused-ring (bicyclic) bond motifs is 4. The number of β-amino-alcohol motifs (C(OH)–C–C–N with tert-alkyl or cyclic N) is 1. The summed E-state index contributed by atoms with van der Waals surface area (Å²) < 4.78 is 29.3. The zero-order chi connectivity index (χ0) is 18.0. The number of aromatic nitrogens is 1. The number of likely N-dealkylation sites (tertiary alicyclic amines) is 1. The molecule has 4 nitrogen and oxygen atoms in total. The number of piperidine rings is 1. The van der Waals surface area contributed by atoms with Gasteiger partial charge in [-0.05, 0) is 48.7 Å². The van der Waals surface area contributed by atoms with Gasteiger partial charge in [-0.2, -0.15) is 0 Å². The molecule has 0 radical (unpaired) electrons. The minimum atomic E-state index is -0.745. The van der Waals surface area contributed by atoms with Crippen molar-refractivity contribution in [1.82, 2.24) is 9.47 Å². The molecule has 134 valence electrons. The normalized spacial score (nSPS) is 23.0. The topological polar surface area (TPSA) is 45.5 Å². The maximum Gasteiger partial charge on any atom is 0.226 e. The van der Waals surface area contributed by atoms with Crippen LogP contribution >= 0.6 is 0 Å². The lowest BCUT2D eigenvalue weighted by atomic mass is 10.1. The molecule has 2 aromatic carbocycles. The Morgan fingerprint density at radius 1 is 1.04 bits per heavy atom. The lowest BCUT2D eigenvalue weighted by Gasteiger charge is -2.22. The molecule has 1 saturated carbocycles. The van der Waals surface area contributed by atoms with Gasteiger partial charge in [-0.15, -0.1) is 0 Å². The smallest absolute Gasteiger partial charge is 0.226 e. The number of nitrogens with zero attached hydrogens (tertiary/aromatic N) is 2. The Balaban J connectivity index is 1.50. The Hall–Kier alpha value is -2.47. The van der Waals surface area contributed by atoms with Crippen molar-refractivity contribution in [1.29, 1.82) is 0 Å². The first-order valence-corrected chi connectivity index (χ1v) is 8.85. The summed E-state index contributed by atoms with van der Waals surface area (Å²) >= 11 is 0. The number of benzene rings is 2. The Labute approximate surface area is 148 Å². The third-order valence-corrected chi connectivity index (χ3v) is 5.62. The summed E-state index contributed by atoms with van der Waals surface area (Å²) in [5, 5.41) is 11.8. The summed E-state index contributed by atoms with van der Waals surface area (Å²) in [6.45, 7) is 1.27. The van der Waals surface area contributed by atoms with Crippen molar-refractivity contribution in [3.05, 3.63) is 48.0 Å². The van der Waals surface area contributed by atoms with Crippen LogP contribution in [0.3, 0.4) is 0 Å². The van der Waals surface area contributed by atoms with Gasteiger partial charge < -0.3 is 14.6 Å². The predicted octanol–water partition coefficient (Wildman–Crippen LogP) is 2.91. The molecular formula is C20H18F2N2O2. The van der Waals surface area contributed by atoms with Crippen LogP contribution in [0.15, 0.2) is 36.4 Å². The lowest BCUT2D eigenvalue weighted by Crippen LogP contribution is -2.37. The van der Waals surface area contributed by atoms with Gasteiger partial charge in [0.2, 0.25) is 5.91 Å². The highest BCUT2D eigenvalue weighted by atomic mass is 19.1. The van der Waals surface area contributed by atoms with Crippen molar-refractivity contribution >= 4 is 27.7 Å². The molecule has 26 heavy (non-hydrogen) atoms. The molecule has 1 aliphatic heterocycles. The van der Waals surface area contributed by atoms with Gasteiger partial charge >= 0.3 is 0 Å². The molecule has 3 unspecified atom stereocenters. The number of aliphatic hydroxyl groups is 1. The summed E-state index contributed by atoms with van der Waals surface area (Å²) in [4.78, 5) is 13.8. The second-order valence-electron chi connectivity index (χ2n) is 7.43. The number of rotatable bonds is 4. The van der Waals surface area contributed by atoms with Crippen LogP contribution in [-0.4, -0.2) is 39.7 Å². The summed E-state index contributed by atoms with van der Waals surface area (Å²) in [5.41, 5.74) is 1.48. The van der Waals surface area contributed by atoms with Crippen molar-refractivity contribution in [2.24, 2.45) is 11.8 Å². The average Bonchev–Trinajstić information content (AvgIpc) is 3.24. The van der Waals surface area contributed by atoms with Crippen LogP contribution in [0.5, 0.6) is 0 Å². The Morgan fingerprint density at radius 2 is 1.65 bits per heavy atom. The second-order valence-corrected chi connectivity index (χ2v) is 7.43. The fourth-order valence-corrected chi connectivity index (χ4v) is 4.29. The zero-order valence-electron chi connectivity index (χ0n) is 14.0. The first kappa shape index (κ1) is 15.8. The molecule has 6 heteroatoms. The minimum absolute atomic E-state index is 0.139. The second kappa shape index (κ2) is 5.51. The number of carbonyl (C=O) groups is 1. The molecule has 2 heterocycles. The maximum atomic E-state index is 13.7. The van der Waals surface area contributed by atoms with E-state index in [1.54, 1.807) is 17.0 Å². The standard InChI is InChI=1S/C20H18F2N2O2/c21-12-1-3-18-16(6-12)17-7-13(22)2-4-19(17)24(18)10-14(25)9-23-8-11-5-15(11)20(23)26/h1-4,6-7,11,14-15,25H,5,8-10H2. The van der Waals surface area contributed by atoms with E-state index in [0.29, 0.717) is 16.7 Å². The largest absolute Gasteiger partial charge is 0.389 e. The summed E-state index contributed by atoms with van der Waals surface area (Å²) in [6, 6.07) is 8.78. The van der Waals surface area contributed by atoms with Crippen LogP contribution in [0.2, 0.25) is 0 Å². The Morgan fingerprint density at radius 3 is 2.19 bits per heavy atom. The lowest BCUT2D eigenvalue weighted by molar-refractivity contribution is -0.131. The Bertz CT molecular complexity index is 986. The molecule has 1 saturated heterocycles. The average molecular weight is 356 g/mol. The number of hydrogen-bond donors (Lipinski definition) is 1. The van der Waals surface area contributed by atoms with Crippen LogP contribution in [-0.2, 0) is 11.3 Å². The molecule has 1 aromatic heterocycles. The first-order valence-electron chi connectivity index (χ1n) is 8.85. The van der Waals surface area contributed by atoms with Crippen molar-refractivity contribution in [2.45, 2.75) is 19.1 Å². The van der Waals surface area contributed by atoms with Crippen molar-refractivity contribution in [2.75, 3.05) is 13.1 Å². The number of carbonyl (C=O) groups excluding carboxylic acids is 1. The molecule has 2 aliphatic rings. The maximum absolute atomic E-state index is 13.7. The molecule has 3 atom stereocenters. The summed E-state index contributed by atoms with van der Waals surface area (Å²) in [7, 11) is 0. The quantitative estimate of drug-likeness (QED) is 0.781. The van der Waals surface area contributed by atoms with E-state index in [2.05, 4.69) is 0 Å². The van der Waals surface area contributed by atoms with E-state index >= 15 is 0 Å². The van der Waals surface area contributed by atoms with Crippen LogP contribution < -0.4 is 0 Å². The number of amides is 1. The van der Waals surface area contributed by atoms with Gasteiger partial charge in [0.05, 0.1) is 12.6 Å². The van der Waals surface area contributed by atoms with Gasteiger partial charge in [0, 0.05) is 40.8 Å². The number of aliphatic hydroxyl groups excluding tert-OH is 1. The number of hydrogen-bond acceptors (Lipinski definition) is 2. The highest BCUT2D eigenvalue weighted by Crippen LogP contribution is 2.45. The molecule has 0 spiro atoms. The van der Waals surface area contributed by atoms with E-state index in [4.69, 9.17) is 0 Å². The van der Waals surface area contributed by atoms with Crippen molar-refractivity contribution in [3.8, 4) is 0 Å². The monoisotopic (exact) mass is 356 g/mol. The molecule has 5 rings (SSSR count). The zero-order valence-corrected chi connectivity index (χ0v) is 14.0. The van der Waals surface area contributed by atoms with Gasteiger partial charge in [0.15, 0.2) is 0 Å². The molecule has 3 aromatic rings. The third kappa shape index (κ3) is 2.40. The molecular weight excluding hydrogens is 338 g/mol. The minimum Gasteiger partial charge on any atom is -0.389 e. The van der Waals surface area contributed by atoms with E-state index in [0.717, 1.165) is 24.0 Å². The van der Waals surface area contributed by atoms with Crippen LogP contribution in [0.1, 0.15) is 6.42 Å². The van der Waals surface area contributed by atoms with Gasteiger partial charge in [0.1, 0.15) is 11.6 Å². The SMILES string of the molecule is O=C1C2CC2CN1CC(O)Cn1c2ccc(F)cc2c2cc(F)ccc21. The van der Waals surface area contributed by atoms with Gasteiger partial charge in [-0.25, -0.2) is 8.78 Å². The molecule has 2 fully saturated rings. The van der Waals surface area contributed by atoms with Gasteiger partial charge in [-0.3, -0.25) is 4.79 Å². The van der Waals surface area contributed by atoms with Crippen LogP contribution in [0, 0.1) is 23.5 Å². The third-order valence-electron chi connectivity index (χ3n) is 5.62. The van der Waals surface area contributed by atoms with Crippen molar-refractivity contribution in [3.63, 3.8) is 0 Å². The van der Waals surface area contributed by atoms with Crippen molar-refractivity contribution < 1.29 is 18.7 Å². The fraction of sp³-hybridized carbons (Fsp3) is 0.350. The van der Waals surface area contributed by atoms with Gasteiger partial charge in [-0.1, -0.05) is 0 Å². The molecule has 1 aliphatic carbocycles. The Kier molecular flexibility index (Phi) is 3.34. The summed E-state index contributed by atoms with van der Waals surface area (Å²) in [5.74, 6) is 0.00203. The van der Waals surface area contributed by atoms with Crippen LogP contribution in [0.4, 0.5) is 8.78 Å². The molecule has 1 amide bonds. The molecule has 1 N–H and O–H groups in total. The number of halogens is 2. The highest BCUT2D eigenvalue weighted by Gasteiger charge is 2.52.